The van der Waals surface area contributed by atoms with E-state index in [0.29, 0.717) is 23.9 Å². The molecule has 25 heavy (non-hydrogen) atoms. The minimum Gasteiger partial charge on any atom is -0.328 e. The Kier molecular flexibility index (Phi) is 4.03. The summed E-state index contributed by atoms with van der Waals surface area (Å²) in [6.07, 6.45) is 0. The van der Waals surface area contributed by atoms with Crippen LogP contribution < -0.4 is 10.9 Å². The summed E-state index contributed by atoms with van der Waals surface area (Å²) in [7, 11) is 0. The molecular formula is C19H18N4O2. The Morgan fingerprint density at radius 1 is 1.04 bits per heavy atom. The number of rotatable bonds is 2. The fraction of sp³-hybridized carbons (Fsp3) is 0.211. The van der Waals surface area contributed by atoms with E-state index in [9.17, 15) is 9.59 Å². The molecule has 1 amide bonds. The Morgan fingerprint density at radius 2 is 1.76 bits per heavy atom. The first kappa shape index (κ1) is 15.5. The monoisotopic (exact) mass is 334 g/mol. The lowest BCUT2D eigenvalue weighted by Crippen LogP contribution is -2.49. The number of aromatic amines is 1. The molecule has 0 aliphatic carbocycles. The molecule has 3 aromatic rings. The number of piperazine rings is 1. The van der Waals surface area contributed by atoms with E-state index in [2.05, 4.69) is 15.5 Å². The summed E-state index contributed by atoms with van der Waals surface area (Å²) in [5, 5.41) is 10.9. The standard InChI is InChI=1S/C19H18N4O2/c24-18-15-9-5-4-8-14(15)17(21-22-18)19(25)23-11-10-20-12-16(23)13-6-2-1-3-7-13/h1-9,16,20H,10-12H2,(H,22,24)/t16-/m1/s1. The van der Waals surface area contributed by atoms with Gasteiger partial charge in [0.25, 0.3) is 11.5 Å². The summed E-state index contributed by atoms with van der Waals surface area (Å²) in [6, 6.07) is 17.0. The Hall–Kier alpha value is -2.99. The third-order valence-corrected chi connectivity index (χ3v) is 4.59. The van der Waals surface area contributed by atoms with Crippen molar-refractivity contribution in [3.05, 3.63) is 76.2 Å². The first-order chi connectivity index (χ1) is 12.3. The van der Waals surface area contributed by atoms with Gasteiger partial charge in [-0.15, -0.1) is 0 Å². The number of carbonyl (C=O) groups excluding carboxylic acids is 1. The van der Waals surface area contributed by atoms with Crippen LogP contribution in [0.5, 0.6) is 0 Å². The molecule has 6 heteroatoms. The summed E-state index contributed by atoms with van der Waals surface area (Å²) in [5.41, 5.74) is 1.09. The molecule has 6 nitrogen and oxygen atoms in total. The lowest BCUT2D eigenvalue weighted by atomic mass is 10.0. The molecule has 1 aromatic heterocycles. The van der Waals surface area contributed by atoms with E-state index in [1.54, 1.807) is 18.2 Å². The van der Waals surface area contributed by atoms with E-state index in [1.165, 1.54) is 0 Å². The maximum atomic E-state index is 13.2. The van der Waals surface area contributed by atoms with Crippen molar-refractivity contribution >= 4 is 16.7 Å². The Balaban J connectivity index is 1.77. The Morgan fingerprint density at radius 3 is 2.56 bits per heavy atom. The van der Waals surface area contributed by atoms with Crippen LogP contribution in [-0.4, -0.2) is 40.6 Å². The smallest absolute Gasteiger partial charge is 0.275 e. The van der Waals surface area contributed by atoms with E-state index in [4.69, 9.17) is 0 Å². The van der Waals surface area contributed by atoms with Crippen LogP contribution in [-0.2, 0) is 0 Å². The van der Waals surface area contributed by atoms with Crippen LogP contribution >= 0.6 is 0 Å². The van der Waals surface area contributed by atoms with Gasteiger partial charge in [-0.05, 0) is 11.6 Å². The molecule has 2 aromatic carbocycles. The fourth-order valence-electron chi connectivity index (χ4n) is 3.33. The lowest BCUT2D eigenvalue weighted by molar-refractivity contribution is 0.0629. The number of amides is 1. The fourth-order valence-corrected chi connectivity index (χ4v) is 3.33. The SMILES string of the molecule is O=C(c1n[nH]c(=O)c2ccccc12)N1CCNC[C@@H]1c1ccccc1. The van der Waals surface area contributed by atoms with Crippen molar-refractivity contribution in [3.63, 3.8) is 0 Å². The second kappa shape index (κ2) is 6.49. The zero-order valence-corrected chi connectivity index (χ0v) is 13.6. The summed E-state index contributed by atoms with van der Waals surface area (Å²) in [4.78, 5) is 27.0. The van der Waals surface area contributed by atoms with Gasteiger partial charge in [-0.2, -0.15) is 5.10 Å². The van der Waals surface area contributed by atoms with E-state index < -0.39 is 0 Å². The number of aromatic nitrogens is 2. The zero-order valence-electron chi connectivity index (χ0n) is 13.6. The molecule has 0 bridgehead atoms. The second-order valence-corrected chi connectivity index (χ2v) is 6.08. The number of hydrogen-bond donors (Lipinski definition) is 2. The van der Waals surface area contributed by atoms with Crippen molar-refractivity contribution in [1.82, 2.24) is 20.4 Å². The molecule has 0 unspecified atom stereocenters. The number of nitrogens with zero attached hydrogens (tertiary/aromatic N) is 2. The maximum absolute atomic E-state index is 13.2. The normalized spacial score (nSPS) is 17.6. The molecule has 1 atom stereocenters. The largest absolute Gasteiger partial charge is 0.328 e. The number of carbonyl (C=O) groups is 1. The molecule has 4 rings (SSSR count). The van der Waals surface area contributed by atoms with Gasteiger partial charge >= 0.3 is 0 Å². The van der Waals surface area contributed by atoms with Crippen LogP contribution in [0, 0.1) is 0 Å². The molecule has 1 saturated heterocycles. The molecule has 0 spiro atoms. The van der Waals surface area contributed by atoms with Crippen LogP contribution in [0.15, 0.2) is 59.4 Å². The molecule has 2 N–H and O–H groups in total. The van der Waals surface area contributed by atoms with Gasteiger partial charge in [-0.3, -0.25) is 9.59 Å². The highest BCUT2D eigenvalue weighted by Crippen LogP contribution is 2.25. The van der Waals surface area contributed by atoms with Crippen molar-refractivity contribution in [2.24, 2.45) is 0 Å². The first-order valence-corrected chi connectivity index (χ1v) is 8.30. The van der Waals surface area contributed by atoms with Gasteiger partial charge in [0.2, 0.25) is 0 Å². The number of hydrogen-bond acceptors (Lipinski definition) is 4. The maximum Gasteiger partial charge on any atom is 0.275 e. The number of H-pyrrole nitrogens is 1. The third kappa shape index (κ3) is 2.81. The van der Waals surface area contributed by atoms with Gasteiger partial charge in [0.05, 0.1) is 11.4 Å². The molecule has 0 radical (unpaired) electrons. The summed E-state index contributed by atoms with van der Waals surface area (Å²) in [6.45, 7) is 2.01. The van der Waals surface area contributed by atoms with Crippen LogP contribution in [0.3, 0.4) is 0 Å². The molecule has 126 valence electrons. The molecule has 0 saturated carbocycles. The highest BCUT2D eigenvalue weighted by atomic mass is 16.2. The van der Waals surface area contributed by atoms with Crippen LogP contribution in [0.1, 0.15) is 22.1 Å². The van der Waals surface area contributed by atoms with Gasteiger partial charge in [-0.1, -0.05) is 48.5 Å². The number of fused-ring (bicyclic) bond motifs is 1. The van der Waals surface area contributed by atoms with Gasteiger partial charge in [0.1, 0.15) is 0 Å². The molecule has 1 aliphatic rings. The van der Waals surface area contributed by atoms with E-state index in [1.807, 2.05) is 41.3 Å². The lowest BCUT2D eigenvalue weighted by Gasteiger charge is -2.36. The van der Waals surface area contributed by atoms with Crippen LogP contribution in [0.2, 0.25) is 0 Å². The predicted molar refractivity (Wildman–Crippen MR) is 95.5 cm³/mol. The third-order valence-electron chi connectivity index (χ3n) is 4.59. The van der Waals surface area contributed by atoms with Gasteiger partial charge < -0.3 is 10.2 Å². The highest BCUT2D eigenvalue weighted by Gasteiger charge is 2.30. The number of benzene rings is 2. The minimum atomic E-state index is -0.285. The zero-order chi connectivity index (χ0) is 17.2. The van der Waals surface area contributed by atoms with E-state index >= 15 is 0 Å². The molecule has 2 heterocycles. The summed E-state index contributed by atoms with van der Waals surface area (Å²) in [5.74, 6) is -0.164. The van der Waals surface area contributed by atoms with E-state index in [-0.39, 0.29) is 23.2 Å². The van der Waals surface area contributed by atoms with Crippen molar-refractivity contribution in [1.29, 1.82) is 0 Å². The summed E-state index contributed by atoms with van der Waals surface area (Å²) < 4.78 is 0. The van der Waals surface area contributed by atoms with Crippen molar-refractivity contribution in [2.75, 3.05) is 19.6 Å². The average molecular weight is 334 g/mol. The Labute approximate surface area is 144 Å². The average Bonchev–Trinajstić information content (AvgIpc) is 2.69. The van der Waals surface area contributed by atoms with Crippen molar-refractivity contribution in [2.45, 2.75) is 6.04 Å². The number of nitrogens with one attached hydrogen (secondary N) is 2. The van der Waals surface area contributed by atoms with Gasteiger partial charge in [-0.25, -0.2) is 5.10 Å². The molecular weight excluding hydrogens is 316 g/mol. The first-order valence-electron chi connectivity index (χ1n) is 8.30. The van der Waals surface area contributed by atoms with Crippen molar-refractivity contribution < 1.29 is 4.79 Å². The quantitative estimate of drug-likeness (QED) is 0.748. The molecule has 1 aliphatic heterocycles. The molecule has 1 fully saturated rings. The highest BCUT2D eigenvalue weighted by molar-refractivity contribution is 6.04. The minimum absolute atomic E-state index is 0.0602. The summed E-state index contributed by atoms with van der Waals surface area (Å²) >= 11 is 0. The predicted octanol–water partition coefficient (Wildman–Crippen LogP) is 1.71. The second-order valence-electron chi connectivity index (χ2n) is 6.08. The van der Waals surface area contributed by atoms with E-state index in [0.717, 1.165) is 12.1 Å². The van der Waals surface area contributed by atoms with Crippen LogP contribution in [0.25, 0.3) is 10.8 Å². The van der Waals surface area contributed by atoms with Gasteiger partial charge in [0, 0.05) is 25.0 Å². The topological polar surface area (TPSA) is 78.1 Å². The van der Waals surface area contributed by atoms with Crippen molar-refractivity contribution in [3.8, 4) is 0 Å². The van der Waals surface area contributed by atoms with Gasteiger partial charge in [0.15, 0.2) is 5.69 Å². The van der Waals surface area contributed by atoms with Crippen LogP contribution in [0.4, 0.5) is 0 Å². The Bertz CT molecular complexity index is 968.